The smallest absolute Gasteiger partial charge is 0.265 e. The van der Waals surface area contributed by atoms with Crippen LogP contribution in [0.15, 0.2) is 48.5 Å². The number of nitrogens with one attached hydrogen (secondary N) is 1. The Hall–Kier alpha value is -2.29. The third-order valence-corrected chi connectivity index (χ3v) is 3.20. The Morgan fingerprint density at radius 1 is 1.05 bits per heavy atom. The van der Waals surface area contributed by atoms with E-state index in [0.29, 0.717) is 5.75 Å². The van der Waals surface area contributed by atoms with Crippen LogP contribution in [-0.2, 0) is 4.79 Å². The third-order valence-electron chi connectivity index (χ3n) is 3.20. The summed E-state index contributed by atoms with van der Waals surface area (Å²) in [5, 5.41) is 2.87. The van der Waals surface area contributed by atoms with Crippen LogP contribution < -0.4 is 10.1 Å². The lowest BCUT2D eigenvalue weighted by Crippen LogP contribution is -2.30. The first kappa shape index (κ1) is 14.1. The third kappa shape index (κ3) is 3.60. The second kappa shape index (κ2) is 6.24. The summed E-state index contributed by atoms with van der Waals surface area (Å²) in [6.07, 6.45) is -0.543. The summed E-state index contributed by atoms with van der Waals surface area (Å²) in [7, 11) is 0. The highest BCUT2D eigenvalue weighted by molar-refractivity contribution is 5.94. The number of carbonyl (C=O) groups excluding carboxylic acids is 1. The zero-order valence-electron chi connectivity index (χ0n) is 12.0. The Bertz CT molecular complexity index is 593. The first-order valence-electron chi connectivity index (χ1n) is 6.66. The van der Waals surface area contributed by atoms with E-state index in [0.717, 1.165) is 11.3 Å². The van der Waals surface area contributed by atoms with Crippen molar-refractivity contribution in [2.75, 3.05) is 5.32 Å². The van der Waals surface area contributed by atoms with Crippen LogP contribution in [0, 0.1) is 13.8 Å². The number of benzene rings is 2. The summed E-state index contributed by atoms with van der Waals surface area (Å²) in [4.78, 5) is 12.1. The number of amides is 1. The van der Waals surface area contributed by atoms with Crippen molar-refractivity contribution in [2.24, 2.45) is 0 Å². The molecule has 3 nitrogen and oxygen atoms in total. The molecule has 3 heteroatoms. The lowest BCUT2D eigenvalue weighted by atomic mass is 10.1. The highest BCUT2D eigenvalue weighted by Gasteiger charge is 2.14. The molecule has 0 saturated carbocycles. The number of anilines is 1. The molecule has 1 amide bonds. The van der Waals surface area contributed by atoms with Crippen molar-refractivity contribution in [3.05, 3.63) is 59.7 Å². The maximum Gasteiger partial charge on any atom is 0.265 e. The fraction of sp³-hybridized carbons (Fsp3) is 0.235. The maximum absolute atomic E-state index is 12.1. The minimum Gasteiger partial charge on any atom is -0.481 e. The molecular formula is C17H19NO2. The Kier molecular flexibility index (Phi) is 4.41. The Labute approximate surface area is 119 Å². The van der Waals surface area contributed by atoms with Crippen LogP contribution in [0.2, 0.25) is 0 Å². The zero-order chi connectivity index (χ0) is 14.5. The minimum atomic E-state index is -0.543. The molecule has 0 aliphatic carbocycles. The Balaban J connectivity index is 1.99. The van der Waals surface area contributed by atoms with Gasteiger partial charge in [0, 0.05) is 5.69 Å². The molecule has 0 aliphatic rings. The number of hydrogen-bond donors (Lipinski definition) is 1. The van der Waals surface area contributed by atoms with Gasteiger partial charge in [-0.25, -0.2) is 0 Å². The molecular weight excluding hydrogens is 250 g/mol. The SMILES string of the molecule is Cc1ccc(NC(=O)[C@H](C)Oc2ccccc2)cc1C. The van der Waals surface area contributed by atoms with Crippen LogP contribution in [-0.4, -0.2) is 12.0 Å². The summed E-state index contributed by atoms with van der Waals surface area (Å²) in [5.41, 5.74) is 3.15. The van der Waals surface area contributed by atoms with Gasteiger partial charge in [-0.2, -0.15) is 0 Å². The van der Waals surface area contributed by atoms with E-state index in [2.05, 4.69) is 5.32 Å². The van der Waals surface area contributed by atoms with Gasteiger partial charge in [-0.15, -0.1) is 0 Å². The van der Waals surface area contributed by atoms with Gasteiger partial charge in [-0.05, 0) is 56.2 Å². The fourth-order valence-electron chi connectivity index (χ4n) is 1.82. The maximum atomic E-state index is 12.1. The molecule has 0 unspecified atom stereocenters. The molecule has 0 bridgehead atoms. The van der Waals surface area contributed by atoms with Gasteiger partial charge in [-0.3, -0.25) is 4.79 Å². The summed E-state index contributed by atoms with van der Waals surface area (Å²) < 4.78 is 5.59. The van der Waals surface area contributed by atoms with Crippen molar-refractivity contribution < 1.29 is 9.53 Å². The molecule has 2 aromatic carbocycles. The molecule has 2 aromatic rings. The first-order chi connectivity index (χ1) is 9.56. The summed E-state index contributed by atoms with van der Waals surface area (Å²) in [6.45, 7) is 5.81. The largest absolute Gasteiger partial charge is 0.481 e. The van der Waals surface area contributed by atoms with E-state index >= 15 is 0 Å². The van der Waals surface area contributed by atoms with E-state index in [1.807, 2.05) is 62.4 Å². The highest BCUT2D eigenvalue weighted by Crippen LogP contribution is 2.16. The van der Waals surface area contributed by atoms with E-state index in [-0.39, 0.29) is 5.91 Å². The van der Waals surface area contributed by atoms with Crippen molar-refractivity contribution in [2.45, 2.75) is 26.9 Å². The molecule has 2 rings (SSSR count). The predicted octanol–water partition coefficient (Wildman–Crippen LogP) is 3.71. The lowest BCUT2D eigenvalue weighted by molar-refractivity contribution is -0.122. The molecule has 104 valence electrons. The normalized spacial score (nSPS) is 11.8. The van der Waals surface area contributed by atoms with E-state index < -0.39 is 6.10 Å². The van der Waals surface area contributed by atoms with Gasteiger partial charge in [0.25, 0.3) is 5.91 Å². The topological polar surface area (TPSA) is 38.3 Å². The van der Waals surface area contributed by atoms with Gasteiger partial charge in [0.15, 0.2) is 6.10 Å². The van der Waals surface area contributed by atoms with Gasteiger partial charge in [0.1, 0.15) is 5.75 Å². The Morgan fingerprint density at radius 2 is 1.75 bits per heavy atom. The monoisotopic (exact) mass is 269 g/mol. The lowest BCUT2D eigenvalue weighted by Gasteiger charge is -2.15. The van der Waals surface area contributed by atoms with Crippen molar-refractivity contribution in [3.63, 3.8) is 0 Å². The molecule has 0 radical (unpaired) electrons. The zero-order valence-corrected chi connectivity index (χ0v) is 12.0. The Morgan fingerprint density at radius 3 is 2.40 bits per heavy atom. The van der Waals surface area contributed by atoms with Crippen LogP contribution in [0.5, 0.6) is 5.75 Å². The second-order valence-electron chi connectivity index (χ2n) is 4.86. The molecule has 1 atom stereocenters. The average molecular weight is 269 g/mol. The quantitative estimate of drug-likeness (QED) is 0.919. The number of para-hydroxylation sites is 1. The van der Waals surface area contributed by atoms with Crippen molar-refractivity contribution in [3.8, 4) is 5.75 Å². The minimum absolute atomic E-state index is 0.155. The molecule has 0 fully saturated rings. The molecule has 1 N–H and O–H groups in total. The summed E-state index contributed by atoms with van der Waals surface area (Å²) in [5.74, 6) is 0.535. The first-order valence-corrected chi connectivity index (χ1v) is 6.66. The second-order valence-corrected chi connectivity index (χ2v) is 4.86. The van der Waals surface area contributed by atoms with Gasteiger partial charge in [-0.1, -0.05) is 24.3 Å². The van der Waals surface area contributed by atoms with Gasteiger partial charge < -0.3 is 10.1 Å². The molecule has 0 saturated heterocycles. The molecule has 0 aliphatic heterocycles. The van der Waals surface area contributed by atoms with Crippen LogP contribution in [0.25, 0.3) is 0 Å². The van der Waals surface area contributed by atoms with Crippen LogP contribution >= 0.6 is 0 Å². The number of carbonyl (C=O) groups is 1. The number of aryl methyl sites for hydroxylation is 2. The van der Waals surface area contributed by atoms with E-state index in [1.165, 1.54) is 5.56 Å². The molecule has 0 aromatic heterocycles. The molecule has 0 spiro atoms. The molecule has 0 heterocycles. The fourth-order valence-corrected chi connectivity index (χ4v) is 1.82. The van der Waals surface area contributed by atoms with Crippen LogP contribution in [0.1, 0.15) is 18.1 Å². The number of ether oxygens (including phenoxy) is 1. The van der Waals surface area contributed by atoms with Crippen LogP contribution in [0.4, 0.5) is 5.69 Å². The average Bonchev–Trinajstić information content (AvgIpc) is 2.44. The van der Waals surface area contributed by atoms with Crippen molar-refractivity contribution >= 4 is 11.6 Å². The van der Waals surface area contributed by atoms with Gasteiger partial charge >= 0.3 is 0 Å². The summed E-state index contributed by atoms with van der Waals surface area (Å²) in [6, 6.07) is 15.2. The number of rotatable bonds is 4. The van der Waals surface area contributed by atoms with Gasteiger partial charge in [0.2, 0.25) is 0 Å². The van der Waals surface area contributed by atoms with E-state index in [1.54, 1.807) is 6.92 Å². The highest BCUT2D eigenvalue weighted by atomic mass is 16.5. The predicted molar refractivity (Wildman–Crippen MR) is 81.1 cm³/mol. The van der Waals surface area contributed by atoms with Crippen LogP contribution in [0.3, 0.4) is 0 Å². The standard InChI is InChI=1S/C17H19NO2/c1-12-9-10-15(11-13(12)2)18-17(19)14(3)20-16-7-5-4-6-8-16/h4-11,14H,1-3H3,(H,18,19)/t14-/m0/s1. The summed E-state index contributed by atoms with van der Waals surface area (Å²) >= 11 is 0. The van der Waals surface area contributed by atoms with Crippen molar-refractivity contribution in [1.29, 1.82) is 0 Å². The van der Waals surface area contributed by atoms with Crippen molar-refractivity contribution in [1.82, 2.24) is 0 Å². The van der Waals surface area contributed by atoms with Gasteiger partial charge in [0.05, 0.1) is 0 Å². The molecule has 20 heavy (non-hydrogen) atoms. The van der Waals surface area contributed by atoms with E-state index in [9.17, 15) is 4.79 Å². The number of hydrogen-bond acceptors (Lipinski definition) is 2. The van der Waals surface area contributed by atoms with E-state index in [4.69, 9.17) is 4.74 Å².